The Hall–Kier alpha value is -1.15. The highest BCUT2D eigenvalue weighted by Gasteiger charge is 2.53. The van der Waals surface area contributed by atoms with E-state index in [0.29, 0.717) is 0 Å². The summed E-state index contributed by atoms with van der Waals surface area (Å²) in [7, 11) is 0. The summed E-state index contributed by atoms with van der Waals surface area (Å²) in [5.41, 5.74) is 0.822. The number of hydrogen-bond donors (Lipinski definition) is 1. The van der Waals surface area contributed by atoms with Crippen LogP contribution in [0.2, 0.25) is 0 Å². The third kappa shape index (κ3) is 4.67. The van der Waals surface area contributed by atoms with Gasteiger partial charge in [-0.1, -0.05) is 30.3 Å². The molecule has 0 bridgehead atoms. The molecule has 0 aliphatic carbocycles. The van der Waals surface area contributed by atoms with E-state index in [1.807, 2.05) is 30.3 Å². The third-order valence-corrected chi connectivity index (χ3v) is 3.74. The molecular weight excluding hydrogens is 313 g/mol. The van der Waals surface area contributed by atoms with E-state index in [1.54, 1.807) is 13.8 Å². The van der Waals surface area contributed by atoms with Crippen molar-refractivity contribution in [3.63, 3.8) is 0 Å². The third-order valence-electron chi connectivity index (χ3n) is 3.74. The summed E-state index contributed by atoms with van der Waals surface area (Å²) in [5, 5.41) is 10.0. The van der Waals surface area contributed by atoms with Crippen LogP contribution < -0.4 is 0 Å². The van der Waals surface area contributed by atoms with E-state index < -0.39 is 36.9 Å². The molecule has 0 radical (unpaired) electrons. The maximum Gasteiger partial charge on any atom is 0.417 e. The summed E-state index contributed by atoms with van der Waals surface area (Å²) in [6.45, 7) is 3.61. The monoisotopic (exact) mass is 334 g/mol. The van der Waals surface area contributed by atoms with Crippen LogP contribution in [0, 0.1) is 0 Å². The minimum atomic E-state index is -4.69. The van der Waals surface area contributed by atoms with Crippen molar-refractivity contribution in [1.82, 2.24) is 0 Å². The van der Waals surface area contributed by atoms with Gasteiger partial charge in [0.2, 0.25) is 0 Å². The number of ether oxygens (including phenoxy) is 3. The zero-order chi connectivity index (χ0) is 17.0. The topological polar surface area (TPSA) is 47.9 Å². The van der Waals surface area contributed by atoms with Gasteiger partial charge in [0, 0.05) is 13.0 Å². The molecule has 0 saturated carbocycles. The van der Waals surface area contributed by atoms with Gasteiger partial charge < -0.3 is 19.3 Å². The molecule has 0 spiro atoms. The first-order valence-corrected chi connectivity index (χ1v) is 7.55. The maximum atomic E-state index is 13.0. The summed E-state index contributed by atoms with van der Waals surface area (Å²) < 4.78 is 54.8. The van der Waals surface area contributed by atoms with Gasteiger partial charge in [0.1, 0.15) is 6.10 Å². The Morgan fingerprint density at radius 1 is 1.30 bits per heavy atom. The molecular formula is C16H21F3O4. The molecule has 1 aliphatic heterocycles. The molecule has 0 unspecified atom stereocenters. The Bertz CT molecular complexity index is 480. The molecule has 1 heterocycles. The van der Waals surface area contributed by atoms with E-state index in [0.717, 1.165) is 5.56 Å². The van der Waals surface area contributed by atoms with Gasteiger partial charge in [0.15, 0.2) is 12.4 Å². The number of rotatable bonds is 5. The molecule has 1 aliphatic rings. The van der Waals surface area contributed by atoms with Gasteiger partial charge in [-0.05, 0) is 19.4 Å². The highest BCUT2D eigenvalue weighted by atomic mass is 19.4. The molecule has 0 aromatic heterocycles. The lowest BCUT2D eigenvalue weighted by molar-refractivity contribution is -0.333. The van der Waals surface area contributed by atoms with Crippen LogP contribution in [0.15, 0.2) is 30.3 Å². The molecule has 0 amide bonds. The van der Waals surface area contributed by atoms with Gasteiger partial charge in [-0.2, -0.15) is 13.2 Å². The molecule has 130 valence electrons. The van der Waals surface area contributed by atoms with Crippen molar-refractivity contribution >= 4 is 0 Å². The lowest BCUT2D eigenvalue weighted by atomic mass is 10.00. The summed E-state index contributed by atoms with van der Waals surface area (Å²) in [6.07, 6.45) is -11.3. The van der Waals surface area contributed by atoms with Crippen molar-refractivity contribution in [1.29, 1.82) is 0 Å². The quantitative estimate of drug-likeness (QED) is 0.898. The van der Waals surface area contributed by atoms with E-state index in [1.165, 1.54) is 0 Å². The van der Waals surface area contributed by atoms with Gasteiger partial charge in [-0.3, -0.25) is 0 Å². The van der Waals surface area contributed by atoms with Crippen LogP contribution in [-0.4, -0.2) is 42.5 Å². The lowest BCUT2D eigenvalue weighted by Crippen LogP contribution is -2.56. The molecule has 4 nitrogen and oxygen atoms in total. The van der Waals surface area contributed by atoms with Gasteiger partial charge in [0.25, 0.3) is 0 Å². The average Bonchev–Trinajstić information content (AvgIpc) is 2.50. The molecule has 1 fully saturated rings. The highest BCUT2D eigenvalue weighted by Crippen LogP contribution is 2.35. The Kier molecular flexibility index (Phi) is 6.02. The van der Waals surface area contributed by atoms with Crippen molar-refractivity contribution in [2.24, 2.45) is 0 Å². The fourth-order valence-electron chi connectivity index (χ4n) is 2.59. The lowest BCUT2D eigenvalue weighted by Gasteiger charge is -2.40. The van der Waals surface area contributed by atoms with Crippen LogP contribution in [0.5, 0.6) is 0 Å². The Labute approximate surface area is 133 Å². The summed E-state index contributed by atoms with van der Waals surface area (Å²) in [4.78, 5) is 0. The second-order valence-corrected chi connectivity index (χ2v) is 5.44. The first kappa shape index (κ1) is 18.2. The Morgan fingerprint density at radius 2 is 1.96 bits per heavy atom. The van der Waals surface area contributed by atoms with E-state index in [2.05, 4.69) is 0 Å². The molecule has 7 heteroatoms. The number of benzene rings is 1. The number of hydrogen-bond acceptors (Lipinski definition) is 4. The van der Waals surface area contributed by atoms with E-state index in [4.69, 9.17) is 14.2 Å². The molecule has 1 N–H and O–H groups in total. The standard InChI is InChI=1S/C16H21F3O4/c1-3-21-13-9-12(14(20)15(23-13)16(17,18)19)22-10(2)11-7-5-4-6-8-11/h4-8,10,12-15,20H,3,9H2,1-2H3/t10-,12+,13+,14-,15-/m1/s1. The SMILES string of the molecule is CCO[C@@H]1C[C@H](O[C@H](C)c2ccccc2)[C@@H](O)[C@H](C(F)(F)F)O1. The van der Waals surface area contributed by atoms with E-state index >= 15 is 0 Å². The van der Waals surface area contributed by atoms with Crippen LogP contribution in [0.25, 0.3) is 0 Å². The summed E-state index contributed by atoms with van der Waals surface area (Å²) in [5.74, 6) is 0. The van der Waals surface area contributed by atoms with Crippen molar-refractivity contribution in [2.75, 3.05) is 6.61 Å². The molecule has 23 heavy (non-hydrogen) atoms. The van der Waals surface area contributed by atoms with Crippen molar-refractivity contribution in [2.45, 2.75) is 57.2 Å². The van der Waals surface area contributed by atoms with Crippen LogP contribution in [0.4, 0.5) is 13.2 Å². The average molecular weight is 334 g/mol. The van der Waals surface area contributed by atoms with Gasteiger partial charge >= 0.3 is 6.18 Å². The fraction of sp³-hybridized carbons (Fsp3) is 0.625. The minimum Gasteiger partial charge on any atom is -0.387 e. The number of aliphatic hydroxyl groups excluding tert-OH is 1. The summed E-state index contributed by atoms with van der Waals surface area (Å²) >= 11 is 0. The highest BCUT2D eigenvalue weighted by molar-refractivity contribution is 5.17. The number of aliphatic hydroxyl groups is 1. The predicted octanol–water partition coefficient (Wildman–Crippen LogP) is 3.21. The second-order valence-electron chi connectivity index (χ2n) is 5.44. The number of halogens is 3. The zero-order valence-corrected chi connectivity index (χ0v) is 13.0. The van der Waals surface area contributed by atoms with Gasteiger partial charge in [0.05, 0.1) is 12.2 Å². The van der Waals surface area contributed by atoms with Crippen molar-refractivity contribution in [3.05, 3.63) is 35.9 Å². The first-order chi connectivity index (χ1) is 10.8. The number of alkyl halides is 3. The molecule has 2 rings (SSSR count). The zero-order valence-electron chi connectivity index (χ0n) is 13.0. The van der Waals surface area contributed by atoms with Crippen LogP contribution in [0.3, 0.4) is 0 Å². The van der Waals surface area contributed by atoms with Crippen molar-refractivity contribution in [3.8, 4) is 0 Å². The van der Waals surface area contributed by atoms with Crippen molar-refractivity contribution < 1.29 is 32.5 Å². The Balaban J connectivity index is 2.11. The smallest absolute Gasteiger partial charge is 0.387 e. The largest absolute Gasteiger partial charge is 0.417 e. The van der Waals surface area contributed by atoms with E-state index in [-0.39, 0.29) is 13.0 Å². The Morgan fingerprint density at radius 3 is 2.52 bits per heavy atom. The maximum absolute atomic E-state index is 13.0. The molecule has 1 aromatic carbocycles. The first-order valence-electron chi connectivity index (χ1n) is 7.55. The minimum absolute atomic E-state index is 0.0404. The summed E-state index contributed by atoms with van der Waals surface area (Å²) in [6, 6.07) is 9.11. The van der Waals surface area contributed by atoms with Crippen LogP contribution >= 0.6 is 0 Å². The van der Waals surface area contributed by atoms with Crippen LogP contribution in [-0.2, 0) is 14.2 Å². The fourth-order valence-corrected chi connectivity index (χ4v) is 2.59. The molecule has 1 aromatic rings. The predicted molar refractivity (Wildman–Crippen MR) is 76.7 cm³/mol. The second kappa shape index (κ2) is 7.61. The molecule has 1 saturated heterocycles. The van der Waals surface area contributed by atoms with Crippen LogP contribution in [0.1, 0.15) is 31.9 Å². The van der Waals surface area contributed by atoms with Gasteiger partial charge in [-0.25, -0.2) is 0 Å². The van der Waals surface area contributed by atoms with E-state index in [9.17, 15) is 18.3 Å². The molecule has 5 atom stereocenters. The van der Waals surface area contributed by atoms with Gasteiger partial charge in [-0.15, -0.1) is 0 Å². The normalized spacial score (nSPS) is 30.2.